The van der Waals surface area contributed by atoms with Gasteiger partial charge in [0.05, 0.1) is 6.10 Å². The lowest BCUT2D eigenvalue weighted by molar-refractivity contribution is -0.147. The van der Waals surface area contributed by atoms with Crippen molar-refractivity contribution in [3.8, 4) is 0 Å². The fraction of sp³-hybridized carbons (Fsp3) is 0.917. The maximum absolute atomic E-state index is 11.2. The zero-order valence-corrected chi connectivity index (χ0v) is 10.3. The van der Waals surface area contributed by atoms with E-state index >= 15 is 0 Å². The van der Waals surface area contributed by atoms with Crippen LogP contribution in [0, 0.1) is 0 Å². The summed E-state index contributed by atoms with van der Waals surface area (Å²) in [6.07, 6.45) is 5.75. The van der Waals surface area contributed by atoms with Gasteiger partial charge in [0, 0.05) is 13.5 Å². The molecule has 15 heavy (non-hydrogen) atoms. The Hall–Kier alpha value is -0.570. The minimum atomic E-state index is -0.101. The number of hydrogen-bond acceptors (Lipinski definition) is 3. The van der Waals surface area contributed by atoms with Gasteiger partial charge < -0.3 is 9.47 Å². The number of rotatable bonds is 9. The lowest BCUT2D eigenvalue weighted by Crippen LogP contribution is -2.20. The minimum Gasteiger partial charge on any atom is -0.463 e. The largest absolute Gasteiger partial charge is 0.463 e. The minimum absolute atomic E-state index is 0.0653. The Bertz CT molecular complexity index is 157. The molecule has 0 spiro atoms. The normalized spacial score (nSPS) is 12.5. The first-order chi connectivity index (χ1) is 7.24. The molecule has 0 heterocycles. The molecular weight excluding hydrogens is 192 g/mol. The first-order valence-corrected chi connectivity index (χ1v) is 5.93. The van der Waals surface area contributed by atoms with Gasteiger partial charge in [0.2, 0.25) is 0 Å². The van der Waals surface area contributed by atoms with Crippen molar-refractivity contribution >= 4 is 5.97 Å². The summed E-state index contributed by atoms with van der Waals surface area (Å²) < 4.78 is 10.4. The third kappa shape index (κ3) is 8.43. The van der Waals surface area contributed by atoms with Gasteiger partial charge in [0.25, 0.3) is 0 Å². The monoisotopic (exact) mass is 216 g/mol. The van der Waals surface area contributed by atoms with Crippen LogP contribution in [0.3, 0.4) is 0 Å². The molecule has 90 valence electrons. The number of hydrogen-bond donors (Lipinski definition) is 0. The van der Waals surface area contributed by atoms with Gasteiger partial charge in [0.1, 0.15) is 6.61 Å². The van der Waals surface area contributed by atoms with Crippen LogP contribution in [0.5, 0.6) is 0 Å². The van der Waals surface area contributed by atoms with Crippen molar-refractivity contribution in [2.75, 3.05) is 13.7 Å². The Balaban J connectivity index is 3.55. The lowest BCUT2D eigenvalue weighted by Gasteiger charge is -2.14. The molecular formula is C12H24O3. The standard InChI is InChI=1S/C12H24O3/c1-4-6-8-11(14-3)10-15-12(13)9-7-5-2/h11H,4-10H2,1-3H3. The van der Waals surface area contributed by atoms with Gasteiger partial charge in [-0.2, -0.15) is 0 Å². The molecule has 0 bridgehead atoms. The van der Waals surface area contributed by atoms with E-state index in [1.165, 1.54) is 0 Å². The molecule has 0 radical (unpaired) electrons. The van der Waals surface area contributed by atoms with Crippen molar-refractivity contribution in [2.24, 2.45) is 0 Å². The van der Waals surface area contributed by atoms with Gasteiger partial charge in [-0.15, -0.1) is 0 Å². The lowest BCUT2D eigenvalue weighted by atomic mass is 10.2. The van der Waals surface area contributed by atoms with Crippen molar-refractivity contribution in [2.45, 2.75) is 58.5 Å². The third-order valence-electron chi connectivity index (χ3n) is 2.38. The van der Waals surface area contributed by atoms with Gasteiger partial charge in [-0.25, -0.2) is 0 Å². The molecule has 0 aliphatic heterocycles. The van der Waals surface area contributed by atoms with E-state index in [4.69, 9.17) is 9.47 Å². The summed E-state index contributed by atoms with van der Waals surface area (Å²) in [6, 6.07) is 0. The molecule has 0 fully saturated rings. The van der Waals surface area contributed by atoms with Crippen molar-refractivity contribution in [3.05, 3.63) is 0 Å². The number of methoxy groups -OCH3 is 1. The molecule has 3 nitrogen and oxygen atoms in total. The van der Waals surface area contributed by atoms with E-state index in [1.807, 2.05) is 0 Å². The Morgan fingerprint density at radius 3 is 2.40 bits per heavy atom. The molecule has 0 aromatic heterocycles. The molecule has 0 saturated carbocycles. The van der Waals surface area contributed by atoms with E-state index < -0.39 is 0 Å². The van der Waals surface area contributed by atoms with Crippen LogP contribution in [0.4, 0.5) is 0 Å². The molecule has 0 rings (SSSR count). The van der Waals surface area contributed by atoms with Crippen LogP contribution >= 0.6 is 0 Å². The number of unbranched alkanes of at least 4 members (excludes halogenated alkanes) is 2. The van der Waals surface area contributed by atoms with E-state index in [1.54, 1.807) is 7.11 Å². The van der Waals surface area contributed by atoms with Crippen molar-refractivity contribution in [3.63, 3.8) is 0 Å². The second kappa shape index (κ2) is 9.97. The topological polar surface area (TPSA) is 35.5 Å². The average molecular weight is 216 g/mol. The number of carbonyl (C=O) groups is 1. The van der Waals surface area contributed by atoms with Crippen LogP contribution in [-0.4, -0.2) is 25.8 Å². The van der Waals surface area contributed by atoms with Crippen LogP contribution < -0.4 is 0 Å². The number of esters is 1. The third-order valence-corrected chi connectivity index (χ3v) is 2.38. The van der Waals surface area contributed by atoms with E-state index in [2.05, 4.69) is 13.8 Å². The SMILES string of the molecule is CCCCC(=O)OCC(CCCC)OC. The molecule has 3 heteroatoms. The first-order valence-electron chi connectivity index (χ1n) is 5.93. The Morgan fingerprint density at radius 2 is 1.87 bits per heavy atom. The van der Waals surface area contributed by atoms with Gasteiger partial charge in [-0.1, -0.05) is 33.1 Å². The maximum atomic E-state index is 11.2. The molecule has 1 unspecified atom stereocenters. The van der Waals surface area contributed by atoms with Crippen LogP contribution in [0.25, 0.3) is 0 Å². The maximum Gasteiger partial charge on any atom is 0.305 e. The molecule has 0 aromatic rings. The molecule has 0 amide bonds. The average Bonchev–Trinajstić information content (AvgIpc) is 2.26. The quantitative estimate of drug-likeness (QED) is 0.556. The summed E-state index contributed by atoms with van der Waals surface area (Å²) in [5.41, 5.74) is 0. The molecule has 0 saturated heterocycles. The summed E-state index contributed by atoms with van der Waals surface area (Å²) in [6.45, 7) is 4.60. The summed E-state index contributed by atoms with van der Waals surface area (Å²) in [5.74, 6) is -0.101. The van der Waals surface area contributed by atoms with Gasteiger partial charge >= 0.3 is 5.97 Å². The van der Waals surface area contributed by atoms with E-state index in [0.29, 0.717) is 13.0 Å². The van der Waals surface area contributed by atoms with Crippen LogP contribution in [-0.2, 0) is 14.3 Å². The summed E-state index contributed by atoms with van der Waals surface area (Å²) in [7, 11) is 1.67. The molecule has 0 aliphatic carbocycles. The van der Waals surface area contributed by atoms with E-state index in [-0.39, 0.29) is 12.1 Å². The smallest absolute Gasteiger partial charge is 0.305 e. The number of ether oxygens (including phenoxy) is 2. The van der Waals surface area contributed by atoms with Gasteiger partial charge in [0.15, 0.2) is 0 Å². The van der Waals surface area contributed by atoms with Crippen molar-refractivity contribution in [1.82, 2.24) is 0 Å². The highest BCUT2D eigenvalue weighted by Crippen LogP contribution is 2.05. The molecule has 0 aliphatic rings. The highest BCUT2D eigenvalue weighted by Gasteiger charge is 2.10. The summed E-state index contributed by atoms with van der Waals surface area (Å²) in [4.78, 5) is 11.2. The van der Waals surface area contributed by atoms with Crippen LogP contribution in [0.15, 0.2) is 0 Å². The molecule has 1 atom stereocenters. The highest BCUT2D eigenvalue weighted by molar-refractivity contribution is 5.69. The van der Waals surface area contributed by atoms with E-state index in [0.717, 1.165) is 32.1 Å². The second-order valence-corrected chi connectivity index (χ2v) is 3.79. The Morgan fingerprint density at radius 1 is 1.20 bits per heavy atom. The zero-order chi connectivity index (χ0) is 11.5. The van der Waals surface area contributed by atoms with E-state index in [9.17, 15) is 4.79 Å². The second-order valence-electron chi connectivity index (χ2n) is 3.79. The fourth-order valence-electron chi connectivity index (χ4n) is 1.28. The molecule has 0 N–H and O–H groups in total. The van der Waals surface area contributed by atoms with Crippen molar-refractivity contribution in [1.29, 1.82) is 0 Å². The Kier molecular flexibility index (Phi) is 9.59. The summed E-state index contributed by atoms with van der Waals surface area (Å²) in [5, 5.41) is 0. The molecule has 0 aromatic carbocycles. The number of carbonyl (C=O) groups excluding carboxylic acids is 1. The predicted octanol–water partition coefficient (Wildman–Crippen LogP) is 2.93. The fourth-order valence-corrected chi connectivity index (χ4v) is 1.28. The van der Waals surface area contributed by atoms with Crippen molar-refractivity contribution < 1.29 is 14.3 Å². The van der Waals surface area contributed by atoms with Gasteiger partial charge in [-0.3, -0.25) is 4.79 Å². The highest BCUT2D eigenvalue weighted by atomic mass is 16.6. The summed E-state index contributed by atoms with van der Waals surface area (Å²) >= 11 is 0. The van der Waals surface area contributed by atoms with Gasteiger partial charge in [-0.05, 0) is 12.8 Å². The van der Waals surface area contributed by atoms with Crippen LogP contribution in [0.2, 0.25) is 0 Å². The van der Waals surface area contributed by atoms with Crippen LogP contribution in [0.1, 0.15) is 52.4 Å². The first kappa shape index (κ1) is 14.4. The Labute approximate surface area is 93.1 Å². The zero-order valence-electron chi connectivity index (χ0n) is 10.3. The predicted molar refractivity (Wildman–Crippen MR) is 60.8 cm³/mol.